The normalized spacial score (nSPS) is 14.4. The number of allylic oxidation sites excluding steroid dienone is 14. The van der Waals surface area contributed by atoms with Gasteiger partial charge < -0.3 is 27.9 Å². The third-order valence-electron chi connectivity index (χ3n) is 8.65. The van der Waals surface area contributed by atoms with Gasteiger partial charge in [-0.05, 0) is 83.5 Å². The third kappa shape index (κ3) is 42.6. The van der Waals surface area contributed by atoms with Crippen LogP contribution in [0, 0.1) is 0 Å². The van der Waals surface area contributed by atoms with E-state index in [1.54, 1.807) is 0 Å². The van der Waals surface area contributed by atoms with Crippen LogP contribution < -0.4 is 4.89 Å². The Kier molecular flexibility index (Phi) is 36.8. The minimum absolute atomic E-state index is 0.0448. The predicted molar refractivity (Wildman–Crippen MR) is 236 cm³/mol. The molecular formula is C47H80NO8P. The first kappa shape index (κ1) is 54.2. The second kappa shape index (κ2) is 38.7. The van der Waals surface area contributed by atoms with E-state index >= 15 is 0 Å². The van der Waals surface area contributed by atoms with E-state index in [2.05, 4.69) is 98.9 Å². The van der Waals surface area contributed by atoms with Gasteiger partial charge in [0.1, 0.15) is 19.8 Å². The van der Waals surface area contributed by atoms with Crippen molar-refractivity contribution < 1.29 is 42.1 Å². The Labute approximate surface area is 348 Å². The number of unbranched alkanes of at least 4 members (excludes halogenated alkanes) is 10. The van der Waals surface area contributed by atoms with Crippen molar-refractivity contribution in [2.45, 2.75) is 155 Å². The van der Waals surface area contributed by atoms with Gasteiger partial charge in [0.15, 0.2) is 6.10 Å². The average Bonchev–Trinajstić information content (AvgIpc) is 3.16. The van der Waals surface area contributed by atoms with Crippen LogP contribution >= 0.6 is 7.82 Å². The maximum absolute atomic E-state index is 12.7. The fourth-order valence-electron chi connectivity index (χ4n) is 5.22. The molecule has 0 aliphatic carbocycles. The van der Waals surface area contributed by atoms with Crippen molar-refractivity contribution in [1.29, 1.82) is 0 Å². The number of hydrogen-bond acceptors (Lipinski definition) is 8. The van der Waals surface area contributed by atoms with Crippen molar-refractivity contribution in [3.63, 3.8) is 0 Å². The Morgan fingerprint density at radius 3 is 1.51 bits per heavy atom. The highest BCUT2D eigenvalue weighted by atomic mass is 31.2. The Morgan fingerprint density at radius 2 is 1.00 bits per heavy atom. The molecule has 0 aliphatic heterocycles. The number of ether oxygens (including phenoxy) is 2. The summed E-state index contributed by atoms with van der Waals surface area (Å²) < 4.78 is 33.8. The minimum Gasteiger partial charge on any atom is -0.756 e. The van der Waals surface area contributed by atoms with Gasteiger partial charge in [-0.2, -0.15) is 0 Å². The Hall–Kier alpha value is -2.81. The predicted octanol–water partition coefficient (Wildman–Crippen LogP) is 11.8. The lowest BCUT2D eigenvalue weighted by Crippen LogP contribution is -2.37. The van der Waals surface area contributed by atoms with Gasteiger partial charge in [0, 0.05) is 12.8 Å². The summed E-state index contributed by atoms with van der Waals surface area (Å²) in [7, 11) is 1.12. The van der Waals surface area contributed by atoms with E-state index in [9.17, 15) is 19.0 Å². The highest BCUT2D eigenvalue weighted by Crippen LogP contribution is 2.38. The summed E-state index contributed by atoms with van der Waals surface area (Å²) >= 11 is 0. The highest BCUT2D eigenvalue weighted by molar-refractivity contribution is 7.45. The zero-order valence-corrected chi connectivity index (χ0v) is 37.4. The molecule has 0 saturated carbocycles. The highest BCUT2D eigenvalue weighted by Gasteiger charge is 2.21. The number of rotatable bonds is 38. The maximum Gasteiger partial charge on any atom is 0.306 e. The molecule has 2 atom stereocenters. The molecule has 9 nitrogen and oxygen atoms in total. The van der Waals surface area contributed by atoms with E-state index in [0.29, 0.717) is 23.9 Å². The molecule has 0 saturated heterocycles. The first-order valence-electron chi connectivity index (χ1n) is 21.8. The summed E-state index contributed by atoms with van der Waals surface area (Å²) in [5, 5.41) is 0. The van der Waals surface area contributed by atoms with Gasteiger partial charge in [-0.25, -0.2) is 0 Å². The Morgan fingerprint density at radius 1 is 0.561 bits per heavy atom. The molecule has 0 aromatic heterocycles. The second-order valence-corrected chi connectivity index (χ2v) is 16.7. The molecular weight excluding hydrogens is 737 g/mol. The number of phosphoric ester groups is 1. The summed E-state index contributed by atoms with van der Waals surface area (Å²) in [4.78, 5) is 37.5. The van der Waals surface area contributed by atoms with Crippen LogP contribution in [0.15, 0.2) is 85.1 Å². The molecule has 0 heterocycles. The van der Waals surface area contributed by atoms with E-state index in [0.717, 1.165) is 96.3 Å². The number of phosphoric acid groups is 1. The van der Waals surface area contributed by atoms with Crippen LogP contribution in [-0.4, -0.2) is 70.0 Å². The molecule has 0 spiro atoms. The van der Waals surface area contributed by atoms with Crippen molar-refractivity contribution in [2.24, 2.45) is 0 Å². The van der Waals surface area contributed by atoms with Gasteiger partial charge in [-0.3, -0.25) is 14.2 Å². The standard InChI is InChI=1S/C47H80NO8P/c1-6-8-10-12-14-16-18-20-22-23-24-25-26-28-30-32-34-36-38-40-47(50)56-45(44-55-57(51,52)54-42-41-48(3,4)5)43-53-46(49)39-37-35-33-31-29-27-21-19-17-15-13-11-9-7-2/h8,10,13-16,19-22,24-25,28,30,45H,6-7,9,11-12,17-18,23,26-27,29,31-44H2,1-5H3/b10-8-,15-13-,16-14-,21-19-,22-20-,25-24-,30-28-. The summed E-state index contributed by atoms with van der Waals surface area (Å²) in [6, 6.07) is 0. The second-order valence-electron chi connectivity index (χ2n) is 15.3. The van der Waals surface area contributed by atoms with Gasteiger partial charge in [0.05, 0.1) is 27.7 Å². The number of carbonyl (C=O) groups is 2. The van der Waals surface area contributed by atoms with Gasteiger partial charge in [-0.15, -0.1) is 0 Å². The van der Waals surface area contributed by atoms with Crippen molar-refractivity contribution in [2.75, 3.05) is 47.5 Å². The van der Waals surface area contributed by atoms with Gasteiger partial charge in [0.2, 0.25) is 0 Å². The van der Waals surface area contributed by atoms with E-state index in [1.165, 1.54) is 12.8 Å². The van der Waals surface area contributed by atoms with Crippen LogP contribution in [0.3, 0.4) is 0 Å². The molecule has 0 amide bonds. The van der Waals surface area contributed by atoms with E-state index in [4.69, 9.17) is 18.5 Å². The van der Waals surface area contributed by atoms with Gasteiger partial charge in [-0.1, -0.05) is 137 Å². The lowest BCUT2D eigenvalue weighted by Gasteiger charge is -2.28. The number of quaternary nitrogens is 1. The summed E-state index contributed by atoms with van der Waals surface area (Å²) in [6.45, 7) is 3.99. The van der Waals surface area contributed by atoms with Crippen LogP contribution in [0.5, 0.6) is 0 Å². The maximum atomic E-state index is 12.7. The molecule has 2 unspecified atom stereocenters. The zero-order valence-electron chi connectivity index (χ0n) is 36.5. The van der Waals surface area contributed by atoms with Crippen molar-refractivity contribution in [3.8, 4) is 0 Å². The Balaban J connectivity index is 4.48. The molecule has 0 fully saturated rings. The molecule has 0 bridgehead atoms. The first-order valence-corrected chi connectivity index (χ1v) is 23.3. The number of esters is 2. The van der Waals surface area contributed by atoms with E-state index in [-0.39, 0.29) is 26.1 Å². The van der Waals surface area contributed by atoms with Crippen LogP contribution in [-0.2, 0) is 32.7 Å². The molecule has 10 heteroatoms. The largest absolute Gasteiger partial charge is 0.756 e. The molecule has 0 N–H and O–H groups in total. The number of likely N-dealkylation sites (N-methyl/N-ethyl adjacent to an activating group) is 1. The topological polar surface area (TPSA) is 111 Å². The summed E-state index contributed by atoms with van der Waals surface area (Å²) in [5.41, 5.74) is 0. The fraction of sp³-hybridized carbons (Fsp3) is 0.660. The third-order valence-corrected chi connectivity index (χ3v) is 9.61. The van der Waals surface area contributed by atoms with E-state index < -0.39 is 32.5 Å². The molecule has 0 rings (SSSR count). The summed E-state index contributed by atoms with van der Waals surface area (Å²) in [6.07, 6.45) is 48.9. The van der Waals surface area contributed by atoms with Crippen molar-refractivity contribution >= 4 is 19.8 Å². The molecule has 0 aromatic rings. The van der Waals surface area contributed by atoms with Crippen molar-refractivity contribution in [3.05, 3.63) is 85.1 Å². The fourth-order valence-corrected chi connectivity index (χ4v) is 5.95. The smallest absolute Gasteiger partial charge is 0.306 e. The summed E-state index contributed by atoms with van der Waals surface area (Å²) in [5.74, 6) is -0.898. The number of nitrogens with zero attached hydrogens (tertiary/aromatic N) is 1. The Bertz CT molecular complexity index is 1240. The quantitative estimate of drug-likeness (QED) is 0.0199. The van der Waals surface area contributed by atoms with Crippen LogP contribution in [0.1, 0.15) is 149 Å². The lowest BCUT2D eigenvalue weighted by molar-refractivity contribution is -0.870. The molecule has 0 aliphatic rings. The van der Waals surface area contributed by atoms with E-state index in [1.807, 2.05) is 21.1 Å². The van der Waals surface area contributed by atoms with Crippen LogP contribution in [0.2, 0.25) is 0 Å². The van der Waals surface area contributed by atoms with Crippen LogP contribution in [0.4, 0.5) is 0 Å². The number of carbonyl (C=O) groups excluding carboxylic acids is 2. The van der Waals surface area contributed by atoms with Crippen LogP contribution in [0.25, 0.3) is 0 Å². The SMILES string of the molecule is CC/C=C\C/C=C\C/C=C\C/C=C\C/C=C\CCCCCC(=O)OC(COC(=O)CCCCCCC/C=C\C/C=C\CCCC)COP(=O)([O-])OCC[N+](C)(C)C. The molecule has 326 valence electrons. The van der Waals surface area contributed by atoms with Gasteiger partial charge >= 0.3 is 11.9 Å². The first-order chi connectivity index (χ1) is 27.5. The molecule has 57 heavy (non-hydrogen) atoms. The molecule has 0 radical (unpaired) electrons. The molecule has 0 aromatic carbocycles. The lowest BCUT2D eigenvalue weighted by atomic mass is 10.1. The van der Waals surface area contributed by atoms with Gasteiger partial charge in [0.25, 0.3) is 7.82 Å². The van der Waals surface area contributed by atoms with Crippen molar-refractivity contribution in [1.82, 2.24) is 0 Å². The zero-order chi connectivity index (χ0) is 42.1. The minimum atomic E-state index is -4.64. The average molecular weight is 818 g/mol. The monoisotopic (exact) mass is 818 g/mol. The number of hydrogen-bond donors (Lipinski definition) is 0.